The second-order valence-corrected chi connectivity index (χ2v) is 4.40. The number of ether oxygens (including phenoxy) is 1. The Morgan fingerprint density at radius 3 is 2.28 bits per heavy atom. The SMILES string of the molecule is CC(C)N1C(=O)OCC1C.N#Cc1ccccc1. The molecule has 96 valence electrons. The van der Waals surface area contributed by atoms with Crippen LogP contribution in [0.3, 0.4) is 0 Å². The van der Waals surface area contributed by atoms with Crippen LogP contribution in [0.4, 0.5) is 4.79 Å². The summed E-state index contributed by atoms with van der Waals surface area (Å²) >= 11 is 0. The Hall–Kier alpha value is -2.02. The lowest BCUT2D eigenvalue weighted by atomic mass is 10.2. The van der Waals surface area contributed by atoms with Crippen molar-refractivity contribution >= 4 is 6.09 Å². The number of benzene rings is 1. The van der Waals surface area contributed by atoms with Gasteiger partial charge >= 0.3 is 6.09 Å². The van der Waals surface area contributed by atoms with Crippen LogP contribution in [0, 0.1) is 11.3 Å². The molecule has 0 N–H and O–H groups in total. The zero-order chi connectivity index (χ0) is 13.5. The first-order valence-corrected chi connectivity index (χ1v) is 5.96. The van der Waals surface area contributed by atoms with Crippen LogP contribution in [-0.4, -0.2) is 29.7 Å². The van der Waals surface area contributed by atoms with Crippen LogP contribution in [0.15, 0.2) is 30.3 Å². The average molecular weight is 246 g/mol. The molecule has 0 aliphatic carbocycles. The van der Waals surface area contributed by atoms with E-state index in [0.29, 0.717) is 12.2 Å². The van der Waals surface area contributed by atoms with Crippen molar-refractivity contribution in [1.82, 2.24) is 4.90 Å². The fraction of sp³-hybridized carbons (Fsp3) is 0.429. The van der Waals surface area contributed by atoms with Gasteiger partial charge in [0.2, 0.25) is 0 Å². The fourth-order valence-electron chi connectivity index (χ4n) is 1.76. The molecule has 1 aliphatic rings. The zero-order valence-corrected chi connectivity index (χ0v) is 11.0. The van der Waals surface area contributed by atoms with Crippen molar-refractivity contribution in [3.63, 3.8) is 0 Å². The monoisotopic (exact) mass is 246 g/mol. The zero-order valence-electron chi connectivity index (χ0n) is 11.0. The first-order chi connectivity index (χ1) is 8.56. The number of nitrogens with zero attached hydrogens (tertiary/aromatic N) is 2. The number of amides is 1. The van der Waals surface area contributed by atoms with Crippen LogP contribution in [0.25, 0.3) is 0 Å². The number of hydrogen-bond acceptors (Lipinski definition) is 3. The lowest BCUT2D eigenvalue weighted by molar-refractivity contribution is 0.150. The van der Waals surface area contributed by atoms with Crippen molar-refractivity contribution in [2.75, 3.05) is 6.61 Å². The van der Waals surface area contributed by atoms with Crippen molar-refractivity contribution in [2.24, 2.45) is 0 Å². The number of carbonyl (C=O) groups is 1. The van der Waals surface area contributed by atoms with Gasteiger partial charge in [0.1, 0.15) is 6.61 Å². The molecule has 1 fully saturated rings. The van der Waals surface area contributed by atoms with Crippen LogP contribution in [-0.2, 0) is 4.74 Å². The van der Waals surface area contributed by atoms with E-state index in [2.05, 4.69) is 0 Å². The summed E-state index contributed by atoms with van der Waals surface area (Å²) in [5.41, 5.74) is 0.715. The van der Waals surface area contributed by atoms with Gasteiger partial charge < -0.3 is 4.74 Å². The highest BCUT2D eigenvalue weighted by atomic mass is 16.6. The van der Waals surface area contributed by atoms with E-state index >= 15 is 0 Å². The van der Waals surface area contributed by atoms with Crippen molar-refractivity contribution in [3.05, 3.63) is 35.9 Å². The van der Waals surface area contributed by atoms with E-state index in [0.717, 1.165) is 0 Å². The van der Waals surface area contributed by atoms with E-state index in [-0.39, 0.29) is 18.2 Å². The smallest absolute Gasteiger partial charge is 0.410 e. The molecule has 1 atom stereocenters. The predicted octanol–water partition coefficient (Wildman–Crippen LogP) is 2.79. The van der Waals surface area contributed by atoms with Gasteiger partial charge in [-0.3, -0.25) is 4.90 Å². The molecule has 4 heteroatoms. The largest absolute Gasteiger partial charge is 0.447 e. The molecule has 0 bridgehead atoms. The second kappa shape index (κ2) is 6.65. The van der Waals surface area contributed by atoms with Gasteiger partial charge in [0.25, 0.3) is 0 Å². The highest BCUT2D eigenvalue weighted by molar-refractivity contribution is 5.70. The quantitative estimate of drug-likeness (QED) is 0.765. The van der Waals surface area contributed by atoms with Crippen molar-refractivity contribution in [1.29, 1.82) is 5.26 Å². The van der Waals surface area contributed by atoms with Gasteiger partial charge in [-0.25, -0.2) is 4.79 Å². The maximum absolute atomic E-state index is 10.9. The van der Waals surface area contributed by atoms with Gasteiger partial charge in [-0.05, 0) is 32.9 Å². The maximum atomic E-state index is 10.9. The summed E-state index contributed by atoms with van der Waals surface area (Å²) in [6, 6.07) is 11.7. The molecule has 1 amide bonds. The molecule has 1 aromatic carbocycles. The van der Waals surface area contributed by atoms with Gasteiger partial charge in [0.15, 0.2) is 0 Å². The minimum absolute atomic E-state index is 0.178. The number of hydrogen-bond donors (Lipinski definition) is 0. The summed E-state index contributed by atoms with van der Waals surface area (Å²) in [7, 11) is 0. The van der Waals surface area contributed by atoms with Gasteiger partial charge in [-0.1, -0.05) is 18.2 Å². The van der Waals surface area contributed by atoms with Crippen molar-refractivity contribution in [3.8, 4) is 6.07 Å². The Kier molecular flexibility index (Phi) is 5.19. The Morgan fingerprint density at radius 2 is 2.00 bits per heavy atom. The second-order valence-electron chi connectivity index (χ2n) is 4.40. The summed E-state index contributed by atoms with van der Waals surface area (Å²) in [5, 5.41) is 8.29. The van der Waals surface area contributed by atoms with E-state index in [1.54, 1.807) is 17.0 Å². The van der Waals surface area contributed by atoms with Gasteiger partial charge in [-0.2, -0.15) is 5.26 Å². The lowest BCUT2D eigenvalue weighted by Crippen LogP contribution is -2.37. The van der Waals surface area contributed by atoms with Gasteiger partial charge in [-0.15, -0.1) is 0 Å². The molecule has 1 saturated heterocycles. The minimum Gasteiger partial charge on any atom is -0.447 e. The summed E-state index contributed by atoms with van der Waals surface area (Å²) < 4.78 is 4.83. The van der Waals surface area contributed by atoms with Gasteiger partial charge in [0.05, 0.1) is 17.7 Å². The first-order valence-electron chi connectivity index (χ1n) is 5.96. The third-order valence-corrected chi connectivity index (χ3v) is 2.59. The molecule has 2 rings (SSSR count). The molecule has 0 aromatic heterocycles. The van der Waals surface area contributed by atoms with Crippen molar-refractivity contribution < 1.29 is 9.53 Å². The fourth-order valence-corrected chi connectivity index (χ4v) is 1.76. The molecule has 1 heterocycles. The number of carbonyl (C=O) groups excluding carboxylic acids is 1. The Bertz CT molecular complexity index is 423. The Labute approximate surface area is 108 Å². The Balaban J connectivity index is 0.000000184. The first kappa shape index (κ1) is 14.0. The number of rotatable bonds is 1. The van der Waals surface area contributed by atoms with Gasteiger partial charge in [0, 0.05) is 6.04 Å². The summed E-state index contributed by atoms with van der Waals surface area (Å²) in [5.74, 6) is 0. The van der Waals surface area contributed by atoms with E-state index in [9.17, 15) is 4.79 Å². The van der Waals surface area contributed by atoms with E-state index < -0.39 is 0 Å². The molecular formula is C14H18N2O2. The third kappa shape index (κ3) is 3.77. The Morgan fingerprint density at radius 1 is 1.39 bits per heavy atom. The lowest BCUT2D eigenvalue weighted by Gasteiger charge is -2.21. The molecule has 0 saturated carbocycles. The molecule has 4 nitrogen and oxygen atoms in total. The topological polar surface area (TPSA) is 53.3 Å². The van der Waals surface area contributed by atoms with Crippen LogP contribution >= 0.6 is 0 Å². The van der Waals surface area contributed by atoms with Crippen LogP contribution in [0.2, 0.25) is 0 Å². The third-order valence-electron chi connectivity index (χ3n) is 2.59. The average Bonchev–Trinajstić information content (AvgIpc) is 2.71. The number of nitriles is 1. The highest BCUT2D eigenvalue weighted by Crippen LogP contribution is 2.14. The van der Waals surface area contributed by atoms with E-state index in [1.807, 2.05) is 45.0 Å². The van der Waals surface area contributed by atoms with Crippen LogP contribution < -0.4 is 0 Å². The summed E-state index contributed by atoms with van der Waals surface area (Å²) in [4.78, 5) is 12.7. The summed E-state index contributed by atoms with van der Waals surface area (Å²) in [6.07, 6.45) is -0.178. The maximum Gasteiger partial charge on any atom is 0.410 e. The molecular weight excluding hydrogens is 228 g/mol. The molecule has 18 heavy (non-hydrogen) atoms. The standard InChI is InChI=1S/C7H13NO2.C7H5N/c1-5(2)8-6(3)4-10-7(8)9;8-6-7-4-2-1-3-5-7/h5-6H,4H2,1-3H3;1-5H. The highest BCUT2D eigenvalue weighted by Gasteiger charge is 2.30. The van der Waals surface area contributed by atoms with Crippen LogP contribution in [0.5, 0.6) is 0 Å². The van der Waals surface area contributed by atoms with E-state index in [4.69, 9.17) is 10.00 Å². The molecule has 1 unspecified atom stereocenters. The van der Waals surface area contributed by atoms with E-state index in [1.165, 1.54) is 0 Å². The molecule has 1 aromatic rings. The normalized spacial score (nSPS) is 17.8. The summed E-state index contributed by atoms with van der Waals surface area (Å²) in [6.45, 7) is 6.51. The van der Waals surface area contributed by atoms with Crippen molar-refractivity contribution in [2.45, 2.75) is 32.9 Å². The molecule has 0 spiro atoms. The predicted molar refractivity (Wildman–Crippen MR) is 68.9 cm³/mol. The minimum atomic E-state index is -0.178. The molecule has 0 radical (unpaired) electrons. The molecule has 1 aliphatic heterocycles. The van der Waals surface area contributed by atoms with Crippen LogP contribution in [0.1, 0.15) is 26.3 Å². The number of cyclic esters (lactones) is 1.